The molecule has 0 aromatic carbocycles. The van der Waals surface area contributed by atoms with Crippen molar-refractivity contribution in [1.29, 1.82) is 0 Å². The average Bonchev–Trinajstić information content (AvgIpc) is 2.25. The van der Waals surface area contributed by atoms with E-state index in [1.54, 1.807) is 12.4 Å². The van der Waals surface area contributed by atoms with Gasteiger partial charge in [0.05, 0.1) is 5.41 Å². The van der Waals surface area contributed by atoms with Gasteiger partial charge in [-0.2, -0.15) is 0 Å². The lowest BCUT2D eigenvalue weighted by Crippen LogP contribution is -2.55. The number of aromatic nitrogens is 1. The number of hydrogen-bond acceptors (Lipinski definition) is 3. The summed E-state index contributed by atoms with van der Waals surface area (Å²) in [6.07, 6.45) is 3.44. The van der Waals surface area contributed by atoms with Crippen molar-refractivity contribution in [3.05, 3.63) is 30.1 Å². The standard InChI is InChI=1S/C13H21N3O/c1-12(2,13(3,4)14)11(17)16-9-10-6-5-7-15-8-10/h5-8H,9,14H2,1-4H3,(H,16,17). The van der Waals surface area contributed by atoms with Crippen LogP contribution in [0, 0.1) is 5.41 Å². The first-order chi connectivity index (χ1) is 7.75. The lowest BCUT2D eigenvalue weighted by molar-refractivity contribution is -0.132. The number of nitrogens with one attached hydrogen (secondary N) is 1. The average molecular weight is 235 g/mol. The molecule has 1 amide bonds. The highest BCUT2D eigenvalue weighted by molar-refractivity contribution is 5.83. The van der Waals surface area contributed by atoms with E-state index in [0.717, 1.165) is 5.56 Å². The summed E-state index contributed by atoms with van der Waals surface area (Å²) in [6, 6.07) is 3.77. The highest BCUT2D eigenvalue weighted by Gasteiger charge is 2.40. The molecule has 0 aliphatic heterocycles. The van der Waals surface area contributed by atoms with E-state index >= 15 is 0 Å². The van der Waals surface area contributed by atoms with Gasteiger partial charge in [-0.05, 0) is 39.3 Å². The Hall–Kier alpha value is -1.42. The third kappa shape index (κ3) is 3.27. The van der Waals surface area contributed by atoms with Crippen LogP contribution in [0.2, 0.25) is 0 Å². The smallest absolute Gasteiger partial charge is 0.227 e. The molecule has 0 atom stereocenters. The number of nitrogens with zero attached hydrogens (tertiary/aromatic N) is 1. The molecule has 0 saturated carbocycles. The summed E-state index contributed by atoms with van der Waals surface area (Å²) in [5.74, 6) is -0.0474. The molecule has 1 heterocycles. The topological polar surface area (TPSA) is 68.0 Å². The van der Waals surface area contributed by atoms with E-state index in [2.05, 4.69) is 10.3 Å². The van der Waals surface area contributed by atoms with Gasteiger partial charge in [0.1, 0.15) is 0 Å². The predicted molar refractivity (Wildman–Crippen MR) is 68.1 cm³/mol. The molecule has 17 heavy (non-hydrogen) atoms. The van der Waals surface area contributed by atoms with Crippen LogP contribution in [0.15, 0.2) is 24.5 Å². The van der Waals surface area contributed by atoms with Crippen molar-refractivity contribution >= 4 is 5.91 Å². The molecule has 0 unspecified atom stereocenters. The third-order valence-corrected chi connectivity index (χ3v) is 3.35. The number of amides is 1. The molecule has 4 nitrogen and oxygen atoms in total. The van der Waals surface area contributed by atoms with E-state index in [4.69, 9.17) is 5.73 Å². The Morgan fingerprint density at radius 2 is 2.06 bits per heavy atom. The Kier molecular flexibility index (Phi) is 3.88. The first kappa shape index (κ1) is 13.6. The van der Waals surface area contributed by atoms with E-state index in [1.807, 2.05) is 39.8 Å². The first-order valence-corrected chi connectivity index (χ1v) is 5.71. The van der Waals surface area contributed by atoms with Gasteiger partial charge in [0, 0.05) is 24.5 Å². The van der Waals surface area contributed by atoms with E-state index in [-0.39, 0.29) is 5.91 Å². The molecular formula is C13H21N3O. The van der Waals surface area contributed by atoms with Crippen LogP contribution in [0.3, 0.4) is 0 Å². The van der Waals surface area contributed by atoms with Gasteiger partial charge in [0.15, 0.2) is 0 Å². The second kappa shape index (κ2) is 4.84. The van der Waals surface area contributed by atoms with Crippen LogP contribution >= 0.6 is 0 Å². The van der Waals surface area contributed by atoms with Crippen molar-refractivity contribution in [2.24, 2.45) is 11.1 Å². The Labute approximate surface area is 103 Å². The zero-order chi connectivity index (χ0) is 13.1. The Morgan fingerprint density at radius 1 is 1.41 bits per heavy atom. The Morgan fingerprint density at radius 3 is 2.53 bits per heavy atom. The Balaban J connectivity index is 2.62. The molecule has 0 bridgehead atoms. The summed E-state index contributed by atoms with van der Waals surface area (Å²) in [4.78, 5) is 16.1. The summed E-state index contributed by atoms with van der Waals surface area (Å²) in [7, 11) is 0. The van der Waals surface area contributed by atoms with Gasteiger partial charge in [-0.15, -0.1) is 0 Å². The van der Waals surface area contributed by atoms with Gasteiger partial charge in [-0.3, -0.25) is 9.78 Å². The molecule has 3 N–H and O–H groups in total. The second-order valence-electron chi connectivity index (χ2n) is 5.39. The summed E-state index contributed by atoms with van der Waals surface area (Å²) < 4.78 is 0. The molecule has 1 aromatic heterocycles. The molecule has 0 radical (unpaired) electrons. The van der Waals surface area contributed by atoms with Crippen LogP contribution in [-0.2, 0) is 11.3 Å². The van der Waals surface area contributed by atoms with Crippen LogP contribution in [0.5, 0.6) is 0 Å². The van der Waals surface area contributed by atoms with E-state index < -0.39 is 11.0 Å². The normalized spacial score (nSPS) is 12.3. The van der Waals surface area contributed by atoms with E-state index in [0.29, 0.717) is 6.54 Å². The fourth-order valence-corrected chi connectivity index (χ4v) is 1.20. The SMILES string of the molecule is CC(C)(N)C(C)(C)C(=O)NCc1cccnc1. The molecule has 1 aromatic rings. The number of nitrogens with two attached hydrogens (primary N) is 1. The van der Waals surface area contributed by atoms with E-state index in [1.165, 1.54) is 0 Å². The highest BCUT2D eigenvalue weighted by Crippen LogP contribution is 2.28. The maximum absolute atomic E-state index is 12.1. The lowest BCUT2D eigenvalue weighted by atomic mass is 9.74. The number of rotatable bonds is 4. The summed E-state index contributed by atoms with van der Waals surface area (Å²) in [6.45, 7) is 7.90. The van der Waals surface area contributed by atoms with Gasteiger partial charge in [-0.25, -0.2) is 0 Å². The van der Waals surface area contributed by atoms with Gasteiger partial charge in [-0.1, -0.05) is 6.07 Å². The zero-order valence-corrected chi connectivity index (χ0v) is 10.9. The molecule has 1 rings (SSSR count). The fourth-order valence-electron chi connectivity index (χ4n) is 1.20. The van der Waals surface area contributed by atoms with Crippen molar-refractivity contribution in [2.75, 3.05) is 0 Å². The van der Waals surface area contributed by atoms with Crippen LogP contribution in [-0.4, -0.2) is 16.4 Å². The van der Waals surface area contributed by atoms with Crippen LogP contribution in [0.4, 0.5) is 0 Å². The molecule has 0 aliphatic carbocycles. The van der Waals surface area contributed by atoms with Crippen LogP contribution < -0.4 is 11.1 Å². The van der Waals surface area contributed by atoms with Gasteiger partial charge < -0.3 is 11.1 Å². The van der Waals surface area contributed by atoms with Crippen LogP contribution in [0.25, 0.3) is 0 Å². The maximum Gasteiger partial charge on any atom is 0.227 e. The predicted octanol–water partition coefficient (Wildman–Crippen LogP) is 1.46. The molecule has 0 spiro atoms. The summed E-state index contributed by atoms with van der Waals surface area (Å²) in [5, 5.41) is 2.89. The van der Waals surface area contributed by atoms with Gasteiger partial charge >= 0.3 is 0 Å². The van der Waals surface area contributed by atoms with Crippen molar-refractivity contribution in [1.82, 2.24) is 10.3 Å². The highest BCUT2D eigenvalue weighted by atomic mass is 16.2. The monoisotopic (exact) mass is 235 g/mol. The molecule has 0 saturated heterocycles. The largest absolute Gasteiger partial charge is 0.351 e. The molecule has 4 heteroatoms. The number of carbonyl (C=O) groups is 1. The molecule has 0 aliphatic rings. The number of hydrogen-bond donors (Lipinski definition) is 2. The van der Waals surface area contributed by atoms with Gasteiger partial charge in [0.2, 0.25) is 5.91 Å². The fraction of sp³-hybridized carbons (Fsp3) is 0.538. The number of carbonyl (C=O) groups excluding carboxylic acids is 1. The van der Waals surface area contributed by atoms with Crippen molar-refractivity contribution in [2.45, 2.75) is 39.8 Å². The van der Waals surface area contributed by atoms with Crippen LogP contribution in [0.1, 0.15) is 33.3 Å². The number of pyridine rings is 1. The van der Waals surface area contributed by atoms with Gasteiger partial charge in [0.25, 0.3) is 0 Å². The lowest BCUT2D eigenvalue weighted by Gasteiger charge is -2.36. The minimum Gasteiger partial charge on any atom is -0.351 e. The minimum absolute atomic E-state index is 0.0474. The molecule has 94 valence electrons. The quantitative estimate of drug-likeness (QED) is 0.830. The third-order valence-electron chi connectivity index (χ3n) is 3.35. The van der Waals surface area contributed by atoms with Crippen molar-refractivity contribution in [3.63, 3.8) is 0 Å². The second-order valence-corrected chi connectivity index (χ2v) is 5.39. The maximum atomic E-state index is 12.1. The summed E-state index contributed by atoms with van der Waals surface area (Å²) >= 11 is 0. The first-order valence-electron chi connectivity index (χ1n) is 5.71. The zero-order valence-electron chi connectivity index (χ0n) is 10.9. The van der Waals surface area contributed by atoms with E-state index in [9.17, 15) is 4.79 Å². The molecule has 0 fully saturated rings. The Bertz CT molecular complexity index is 379. The van der Waals surface area contributed by atoms with Crippen molar-refractivity contribution < 1.29 is 4.79 Å². The summed E-state index contributed by atoms with van der Waals surface area (Å²) in [5.41, 5.74) is 5.81. The molecular weight excluding hydrogens is 214 g/mol. The minimum atomic E-state index is -0.616. The van der Waals surface area contributed by atoms with Crippen molar-refractivity contribution in [3.8, 4) is 0 Å².